The lowest BCUT2D eigenvalue weighted by atomic mass is 10.1. The van der Waals surface area contributed by atoms with E-state index in [4.69, 9.17) is 9.47 Å². The van der Waals surface area contributed by atoms with Gasteiger partial charge < -0.3 is 9.47 Å². The van der Waals surface area contributed by atoms with Crippen LogP contribution >= 0.6 is 15.9 Å². The molecular formula is C17H17BrO3. The van der Waals surface area contributed by atoms with Crippen molar-refractivity contribution in [2.75, 3.05) is 6.61 Å². The van der Waals surface area contributed by atoms with Crippen molar-refractivity contribution in [3.05, 3.63) is 57.6 Å². The molecule has 3 nitrogen and oxygen atoms in total. The highest BCUT2D eigenvalue weighted by Crippen LogP contribution is 2.23. The number of hydrogen-bond acceptors (Lipinski definition) is 3. The van der Waals surface area contributed by atoms with Crippen molar-refractivity contribution in [2.45, 2.75) is 20.8 Å². The van der Waals surface area contributed by atoms with Crippen LogP contribution in [0.1, 0.15) is 16.7 Å². The average molecular weight is 349 g/mol. The number of hydrogen-bond donors (Lipinski definition) is 0. The molecule has 0 N–H and O–H groups in total. The van der Waals surface area contributed by atoms with Crippen molar-refractivity contribution in [3.63, 3.8) is 0 Å². The number of ether oxygens (including phenoxy) is 2. The molecule has 2 aromatic carbocycles. The summed E-state index contributed by atoms with van der Waals surface area (Å²) in [6, 6.07) is 11.4. The summed E-state index contributed by atoms with van der Waals surface area (Å²) in [5.74, 6) is 0.846. The second-order valence-corrected chi connectivity index (χ2v) is 5.86. The minimum atomic E-state index is -0.411. The Bertz CT molecular complexity index is 665. The molecule has 0 radical (unpaired) electrons. The highest BCUT2D eigenvalue weighted by molar-refractivity contribution is 9.10. The van der Waals surface area contributed by atoms with Crippen LogP contribution in [-0.2, 0) is 4.79 Å². The van der Waals surface area contributed by atoms with E-state index >= 15 is 0 Å². The summed E-state index contributed by atoms with van der Waals surface area (Å²) in [6.45, 7) is 5.67. The fraction of sp³-hybridized carbons (Fsp3) is 0.235. The van der Waals surface area contributed by atoms with Crippen LogP contribution in [0.5, 0.6) is 11.5 Å². The molecular weight excluding hydrogens is 332 g/mol. The first-order chi connectivity index (χ1) is 9.95. The van der Waals surface area contributed by atoms with Gasteiger partial charge in [0.1, 0.15) is 11.5 Å². The zero-order valence-corrected chi connectivity index (χ0v) is 13.9. The molecule has 0 atom stereocenters. The summed E-state index contributed by atoms with van der Waals surface area (Å²) < 4.78 is 11.8. The predicted molar refractivity (Wildman–Crippen MR) is 85.9 cm³/mol. The number of benzene rings is 2. The summed E-state index contributed by atoms with van der Waals surface area (Å²) in [5.41, 5.74) is 2.94. The maximum atomic E-state index is 11.9. The Hall–Kier alpha value is -1.81. The van der Waals surface area contributed by atoms with Gasteiger partial charge in [0, 0.05) is 4.47 Å². The lowest BCUT2D eigenvalue weighted by molar-refractivity contribution is -0.136. The fourth-order valence-corrected chi connectivity index (χ4v) is 2.36. The molecule has 2 aromatic rings. The van der Waals surface area contributed by atoms with Gasteiger partial charge in [-0.25, -0.2) is 4.79 Å². The van der Waals surface area contributed by atoms with E-state index in [0.29, 0.717) is 11.5 Å². The molecule has 2 rings (SSSR count). The molecule has 21 heavy (non-hydrogen) atoms. The Morgan fingerprint density at radius 1 is 1.00 bits per heavy atom. The van der Waals surface area contributed by atoms with Crippen molar-refractivity contribution in [3.8, 4) is 11.5 Å². The summed E-state index contributed by atoms with van der Waals surface area (Å²) in [7, 11) is 0. The van der Waals surface area contributed by atoms with Crippen LogP contribution in [0.3, 0.4) is 0 Å². The molecule has 0 spiro atoms. The molecule has 0 saturated heterocycles. The molecule has 0 aliphatic carbocycles. The molecule has 0 fully saturated rings. The van der Waals surface area contributed by atoms with Gasteiger partial charge in [-0.1, -0.05) is 28.1 Å². The van der Waals surface area contributed by atoms with Gasteiger partial charge >= 0.3 is 5.97 Å². The molecule has 0 aromatic heterocycles. The van der Waals surface area contributed by atoms with Gasteiger partial charge in [-0.15, -0.1) is 0 Å². The van der Waals surface area contributed by atoms with Gasteiger partial charge in [-0.05, 0) is 61.7 Å². The monoisotopic (exact) mass is 348 g/mol. The highest BCUT2D eigenvalue weighted by atomic mass is 79.9. The number of carbonyl (C=O) groups is 1. The first kappa shape index (κ1) is 15.6. The molecule has 0 heterocycles. The minimum absolute atomic E-state index is 0.115. The lowest BCUT2D eigenvalue weighted by Gasteiger charge is -2.11. The van der Waals surface area contributed by atoms with Crippen LogP contribution in [0.15, 0.2) is 40.9 Å². The molecule has 4 heteroatoms. The van der Waals surface area contributed by atoms with E-state index in [2.05, 4.69) is 15.9 Å². The smallest absolute Gasteiger partial charge is 0.349 e. The maximum Gasteiger partial charge on any atom is 0.349 e. The third-order valence-corrected chi connectivity index (χ3v) is 3.54. The fourth-order valence-electron chi connectivity index (χ4n) is 1.88. The van der Waals surface area contributed by atoms with Crippen LogP contribution in [0.4, 0.5) is 0 Å². The zero-order valence-electron chi connectivity index (χ0n) is 12.3. The third kappa shape index (κ3) is 4.33. The summed E-state index contributed by atoms with van der Waals surface area (Å²) in [6.07, 6.45) is 0. The van der Waals surface area contributed by atoms with E-state index in [-0.39, 0.29) is 6.61 Å². The molecule has 0 aliphatic heterocycles. The van der Waals surface area contributed by atoms with Gasteiger partial charge in [0.2, 0.25) is 0 Å². The largest absolute Gasteiger partial charge is 0.482 e. The number of halogens is 1. The first-order valence-corrected chi connectivity index (χ1v) is 7.42. The van der Waals surface area contributed by atoms with Gasteiger partial charge in [-0.3, -0.25) is 0 Å². The summed E-state index contributed by atoms with van der Waals surface area (Å²) >= 11 is 3.39. The van der Waals surface area contributed by atoms with E-state index in [1.807, 2.05) is 57.2 Å². The molecule has 110 valence electrons. The average Bonchev–Trinajstić information content (AvgIpc) is 2.42. The van der Waals surface area contributed by atoms with Gasteiger partial charge in [0.15, 0.2) is 6.61 Å². The molecule has 0 unspecified atom stereocenters. The van der Waals surface area contributed by atoms with Crippen molar-refractivity contribution in [1.29, 1.82) is 0 Å². The van der Waals surface area contributed by atoms with Crippen LogP contribution in [-0.4, -0.2) is 12.6 Å². The van der Waals surface area contributed by atoms with Gasteiger partial charge in [0.05, 0.1) is 0 Å². The molecule has 0 amide bonds. The lowest BCUT2D eigenvalue weighted by Crippen LogP contribution is -2.18. The predicted octanol–water partition coefficient (Wildman–Crippen LogP) is 4.36. The van der Waals surface area contributed by atoms with Crippen LogP contribution < -0.4 is 9.47 Å². The molecule has 0 aliphatic rings. The Kier molecular flexibility index (Phi) is 5.02. The highest BCUT2D eigenvalue weighted by Gasteiger charge is 2.09. The van der Waals surface area contributed by atoms with E-state index in [1.165, 1.54) is 0 Å². The quantitative estimate of drug-likeness (QED) is 0.608. The van der Waals surface area contributed by atoms with Crippen LogP contribution in [0.2, 0.25) is 0 Å². The second kappa shape index (κ2) is 6.76. The summed E-state index contributed by atoms with van der Waals surface area (Å²) in [4.78, 5) is 11.9. The van der Waals surface area contributed by atoms with Crippen molar-refractivity contribution < 1.29 is 14.3 Å². The third-order valence-electron chi connectivity index (χ3n) is 3.05. The Morgan fingerprint density at radius 3 is 2.48 bits per heavy atom. The summed E-state index contributed by atoms with van der Waals surface area (Å²) in [5, 5.41) is 0. The van der Waals surface area contributed by atoms with Gasteiger partial charge in [-0.2, -0.15) is 0 Å². The van der Waals surface area contributed by atoms with Crippen LogP contribution in [0, 0.1) is 20.8 Å². The van der Waals surface area contributed by atoms with Gasteiger partial charge in [0.25, 0.3) is 0 Å². The number of aryl methyl sites for hydroxylation is 3. The Morgan fingerprint density at radius 2 is 1.76 bits per heavy atom. The number of carbonyl (C=O) groups excluding carboxylic acids is 1. The SMILES string of the molecule is Cc1ccc(C)c(OC(=O)COc2ccc(Br)cc2C)c1. The minimum Gasteiger partial charge on any atom is -0.482 e. The van der Waals surface area contributed by atoms with E-state index < -0.39 is 5.97 Å². The van der Waals surface area contributed by atoms with Crippen molar-refractivity contribution >= 4 is 21.9 Å². The van der Waals surface area contributed by atoms with E-state index in [1.54, 1.807) is 0 Å². The molecule has 0 bridgehead atoms. The number of esters is 1. The Balaban J connectivity index is 1.97. The van der Waals surface area contributed by atoms with Crippen molar-refractivity contribution in [1.82, 2.24) is 0 Å². The number of rotatable bonds is 4. The van der Waals surface area contributed by atoms with Crippen molar-refractivity contribution in [2.24, 2.45) is 0 Å². The standard InChI is InChI=1S/C17H17BrO3/c1-11-4-5-12(2)16(8-11)21-17(19)10-20-15-7-6-14(18)9-13(15)3/h4-9H,10H2,1-3H3. The maximum absolute atomic E-state index is 11.9. The first-order valence-electron chi connectivity index (χ1n) is 6.62. The topological polar surface area (TPSA) is 35.5 Å². The second-order valence-electron chi connectivity index (χ2n) is 4.94. The Labute approximate surface area is 133 Å². The van der Waals surface area contributed by atoms with E-state index in [0.717, 1.165) is 21.2 Å². The normalized spacial score (nSPS) is 10.3. The molecule has 0 saturated carbocycles. The van der Waals surface area contributed by atoms with E-state index in [9.17, 15) is 4.79 Å². The zero-order chi connectivity index (χ0) is 15.4. The van der Waals surface area contributed by atoms with Crippen LogP contribution in [0.25, 0.3) is 0 Å².